The highest BCUT2D eigenvalue weighted by atomic mass is 32.1. The first kappa shape index (κ1) is 14.5. The number of aryl methyl sites for hydroxylation is 1. The largest absolute Gasteiger partial charge is 0.318 e. The van der Waals surface area contributed by atoms with E-state index in [9.17, 15) is 0 Å². The quantitative estimate of drug-likeness (QED) is 0.512. The smallest absolute Gasteiger partial charge is 0.211 e. The Morgan fingerprint density at radius 3 is 2.55 bits per heavy atom. The van der Waals surface area contributed by atoms with Gasteiger partial charge in [-0.25, -0.2) is 0 Å². The molecule has 0 unspecified atom stereocenters. The molecule has 3 rings (SSSR count). The molecular formula is C18H17N3S. The lowest BCUT2D eigenvalue weighted by Crippen LogP contribution is -2.08. The summed E-state index contributed by atoms with van der Waals surface area (Å²) < 4.78 is 3.28. The molecule has 0 spiro atoms. The summed E-state index contributed by atoms with van der Waals surface area (Å²) >= 11 is 1.64. The maximum atomic E-state index is 4.33. The molecule has 3 nitrogen and oxygen atoms in total. The van der Waals surface area contributed by atoms with Crippen molar-refractivity contribution in [3.8, 4) is 0 Å². The van der Waals surface area contributed by atoms with Crippen LogP contribution >= 0.6 is 11.3 Å². The lowest BCUT2D eigenvalue weighted by atomic mass is 10.1. The van der Waals surface area contributed by atoms with Crippen molar-refractivity contribution in [2.75, 3.05) is 0 Å². The predicted molar refractivity (Wildman–Crippen MR) is 94.9 cm³/mol. The van der Waals surface area contributed by atoms with Gasteiger partial charge in [0.15, 0.2) is 0 Å². The fourth-order valence-electron chi connectivity index (χ4n) is 2.20. The zero-order valence-electron chi connectivity index (χ0n) is 12.6. The molecule has 0 saturated heterocycles. The van der Waals surface area contributed by atoms with E-state index in [1.54, 1.807) is 17.6 Å². The molecule has 1 aromatic heterocycles. The van der Waals surface area contributed by atoms with Crippen molar-refractivity contribution in [3.05, 3.63) is 70.5 Å². The Kier molecular flexibility index (Phi) is 4.30. The van der Waals surface area contributed by atoms with Crippen LogP contribution in [0.25, 0.3) is 16.3 Å². The molecule has 0 amide bonds. The maximum absolute atomic E-state index is 4.33. The summed E-state index contributed by atoms with van der Waals surface area (Å²) in [6, 6.07) is 18.5. The van der Waals surface area contributed by atoms with E-state index in [0.29, 0.717) is 0 Å². The van der Waals surface area contributed by atoms with Crippen molar-refractivity contribution >= 4 is 33.8 Å². The van der Waals surface area contributed by atoms with E-state index in [0.717, 1.165) is 10.4 Å². The fourth-order valence-corrected chi connectivity index (χ4v) is 3.17. The third-order valence-corrected chi connectivity index (χ3v) is 4.42. The van der Waals surface area contributed by atoms with Gasteiger partial charge in [-0.1, -0.05) is 59.9 Å². The highest BCUT2D eigenvalue weighted by molar-refractivity contribution is 7.16. The molecule has 0 atom stereocenters. The van der Waals surface area contributed by atoms with Crippen LogP contribution in [0.3, 0.4) is 0 Å². The van der Waals surface area contributed by atoms with E-state index < -0.39 is 0 Å². The van der Waals surface area contributed by atoms with Gasteiger partial charge in [0.25, 0.3) is 0 Å². The summed E-state index contributed by atoms with van der Waals surface area (Å²) in [6.07, 6.45) is 3.88. The van der Waals surface area contributed by atoms with Gasteiger partial charge >= 0.3 is 0 Å². The van der Waals surface area contributed by atoms with Crippen LogP contribution in [0.4, 0.5) is 0 Å². The molecule has 0 radical (unpaired) electrons. The molecule has 110 valence electrons. The second-order valence-electron chi connectivity index (χ2n) is 5.05. The van der Waals surface area contributed by atoms with Crippen LogP contribution in [0.2, 0.25) is 0 Å². The molecule has 0 saturated carbocycles. The molecule has 0 fully saturated rings. The first-order chi connectivity index (χ1) is 10.7. The van der Waals surface area contributed by atoms with Crippen LogP contribution in [0, 0.1) is 0 Å². The minimum absolute atomic E-state index is 0.893. The number of para-hydroxylation sites is 1. The normalized spacial score (nSPS) is 13.4. The van der Waals surface area contributed by atoms with Crippen molar-refractivity contribution < 1.29 is 0 Å². The monoisotopic (exact) mass is 307 g/mol. The molecular weight excluding hydrogens is 290 g/mol. The van der Waals surface area contributed by atoms with Gasteiger partial charge in [0.2, 0.25) is 4.80 Å². The number of thiazole rings is 1. The summed E-state index contributed by atoms with van der Waals surface area (Å²) in [7, 11) is 2.01. The lowest BCUT2D eigenvalue weighted by Gasteiger charge is -1.93. The van der Waals surface area contributed by atoms with Gasteiger partial charge in [0, 0.05) is 7.05 Å². The number of nitrogens with zero attached hydrogens (tertiary/aromatic N) is 3. The number of hydrogen-bond acceptors (Lipinski definition) is 3. The predicted octanol–water partition coefficient (Wildman–Crippen LogP) is 4.23. The molecule has 3 aromatic rings. The Balaban J connectivity index is 1.86. The summed E-state index contributed by atoms with van der Waals surface area (Å²) in [5.41, 5.74) is 3.41. The van der Waals surface area contributed by atoms with Gasteiger partial charge < -0.3 is 4.57 Å². The molecule has 0 bridgehead atoms. The van der Waals surface area contributed by atoms with Crippen molar-refractivity contribution in [1.82, 2.24) is 4.57 Å². The van der Waals surface area contributed by atoms with Gasteiger partial charge in [-0.2, -0.15) is 5.10 Å². The molecule has 0 N–H and O–H groups in total. The number of benzene rings is 2. The third-order valence-electron chi connectivity index (χ3n) is 3.31. The average molecular weight is 307 g/mol. The topological polar surface area (TPSA) is 29.6 Å². The fraction of sp³-hybridized carbons (Fsp3) is 0.111. The highest BCUT2D eigenvalue weighted by Gasteiger charge is 2.00. The number of aromatic nitrogens is 1. The van der Waals surface area contributed by atoms with Crippen molar-refractivity contribution in [1.29, 1.82) is 0 Å². The van der Waals surface area contributed by atoms with Crippen LogP contribution in [0.1, 0.15) is 12.5 Å². The molecule has 2 aromatic carbocycles. The Hall–Kier alpha value is -2.46. The first-order valence-electron chi connectivity index (χ1n) is 7.09. The SMILES string of the molecule is CC(=C/c1ccccc1)/C=N/N=c1/sc2ccccc2n1C. The number of rotatable bonds is 3. The van der Waals surface area contributed by atoms with Crippen molar-refractivity contribution in [3.63, 3.8) is 0 Å². The van der Waals surface area contributed by atoms with E-state index in [4.69, 9.17) is 0 Å². The molecule has 0 aliphatic rings. The van der Waals surface area contributed by atoms with Gasteiger partial charge in [0.05, 0.1) is 16.4 Å². The number of hydrogen-bond donors (Lipinski definition) is 0. The van der Waals surface area contributed by atoms with Crippen LogP contribution in [-0.4, -0.2) is 10.8 Å². The van der Waals surface area contributed by atoms with Crippen LogP contribution in [-0.2, 0) is 7.05 Å². The summed E-state index contributed by atoms with van der Waals surface area (Å²) in [5, 5.41) is 8.55. The average Bonchev–Trinajstić information content (AvgIpc) is 2.85. The maximum Gasteiger partial charge on any atom is 0.211 e. The molecule has 22 heavy (non-hydrogen) atoms. The molecule has 0 aliphatic carbocycles. The van der Waals surface area contributed by atoms with E-state index in [1.165, 1.54) is 15.8 Å². The second-order valence-corrected chi connectivity index (χ2v) is 6.06. The summed E-state index contributed by atoms with van der Waals surface area (Å²) in [6.45, 7) is 2.02. The number of fused-ring (bicyclic) bond motifs is 1. The van der Waals surface area contributed by atoms with E-state index in [-0.39, 0.29) is 0 Å². The Bertz CT molecular complexity index is 899. The first-order valence-corrected chi connectivity index (χ1v) is 7.91. The Morgan fingerprint density at radius 2 is 1.77 bits per heavy atom. The minimum Gasteiger partial charge on any atom is -0.318 e. The molecule has 1 heterocycles. The standard InChI is InChI=1S/C18H17N3S/c1-14(12-15-8-4-3-5-9-15)13-19-20-18-21(2)16-10-6-7-11-17(16)22-18/h3-13H,1-2H3/b14-12-,19-13+,20-18+. The summed E-state index contributed by atoms with van der Waals surface area (Å²) in [5.74, 6) is 0. The van der Waals surface area contributed by atoms with Gasteiger partial charge in [-0.05, 0) is 30.2 Å². The lowest BCUT2D eigenvalue weighted by molar-refractivity contribution is 0.889. The van der Waals surface area contributed by atoms with E-state index in [2.05, 4.69) is 45.1 Å². The highest BCUT2D eigenvalue weighted by Crippen LogP contribution is 2.15. The Labute approximate surface area is 133 Å². The van der Waals surface area contributed by atoms with Crippen molar-refractivity contribution in [2.24, 2.45) is 17.3 Å². The number of allylic oxidation sites excluding steroid dienone is 1. The van der Waals surface area contributed by atoms with E-state index in [1.807, 2.05) is 44.3 Å². The van der Waals surface area contributed by atoms with Gasteiger partial charge in [0.1, 0.15) is 0 Å². The van der Waals surface area contributed by atoms with Gasteiger partial charge in [-0.15, -0.1) is 5.10 Å². The van der Waals surface area contributed by atoms with Crippen molar-refractivity contribution in [2.45, 2.75) is 6.92 Å². The van der Waals surface area contributed by atoms with Crippen LogP contribution < -0.4 is 4.80 Å². The minimum atomic E-state index is 0.893. The molecule has 4 heteroatoms. The van der Waals surface area contributed by atoms with Crippen LogP contribution in [0.15, 0.2) is 70.4 Å². The van der Waals surface area contributed by atoms with Gasteiger partial charge in [-0.3, -0.25) is 0 Å². The zero-order chi connectivity index (χ0) is 15.4. The summed E-state index contributed by atoms with van der Waals surface area (Å²) in [4.78, 5) is 0.893. The third kappa shape index (κ3) is 3.23. The molecule has 0 aliphatic heterocycles. The van der Waals surface area contributed by atoms with E-state index >= 15 is 0 Å². The Morgan fingerprint density at radius 1 is 1.05 bits per heavy atom. The van der Waals surface area contributed by atoms with Crippen LogP contribution in [0.5, 0.6) is 0 Å². The zero-order valence-corrected chi connectivity index (χ0v) is 13.4. The second kappa shape index (κ2) is 6.54.